The van der Waals surface area contributed by atoms with Crippen molar-refractivity contribution >= 4 is 86.2 Å². The number of rotatable bonds is 6. The van der Waals surface area contributed by atoms with Gasteiger partial charge in [0.15, 0.2) is 0 Å². The van der Waals surface area contributed by atoms with Crippen LogP contribution in [0.25, 0.3) is 137 Å². The van der Waals surface area contributed by atoms with E-state index in [1.54, 1.807) is 0 Å². The van der Waals surface area contributed by atoms with Crippen molar-refractivity contribution in [2.24, 2.45) is 0 Å². The minimum Gasteiger partial charge on any atom is -0.455 e. The molecule has 0 N–H and O–H groups in total. The van der Waals surface area contributed by atoms with Crippen molar-refractivity contribution < 1.29 is 4.42 Å². The quantitative estimate of drug-likeness (QED) is 0.167. The van der Waals surface area contributed by atoms with E-state index in [1.807, 2.05) is 43.4 Å². The molecule has 0 aliphatic heterocycles. The topological polar surface area (TPSA) is 43.9 Å². The Labute approximate surface area is 403 Å². The van der Waals surface area contributed by atoms with Crippen LogP contribution in [0.1, 0.15) is 13.8 Å². The molecular formula is C64H43N3OS. The minimum absolute atomic E-state index is 0.621. The summed E-state index contributed by atoms with van der Waals surface area (Å²) in [6.45, 7) is 4.00. The molecule has 0 unspecified atom stereocenters. The maximum Gasteiger partial charge on any atom is 0.235 e. The summed E-state index contributed by atoms with van der Waals surface area (Å²) in [7, 11) is 0. The summed E-state index contributed by atoms with van der Waals surface area (Å²) in [5.41, 5.74) is 15.8. The number of thiophene rings is 1. The molecule has 14 rings (SSSR count). The number of nitrogens with zero attached hydrogens (tertiary/aromatic N) is 3. The highest BCUT2D eigenvalue weighted by Gasteiger charge is 2.22. The average molecular weight is 902 g/mol. The third-order valence-corrected chi connectivity index (χ3v) is 14.6. The molecule has 0 radical (unpaired) electrons. The predicted molar refractivity (Wildman–Crippen MR) is 293 cm³/mol. The lowest BCUT2D eigenvalue weighted by atomic mass is 9.94. The van der Waals surface area contributed by atoms with Crippen molar-refractivity contribution in [2.45, 2.75) is 13.8 Å². The molecule has 0 aliphatic carbocycles. The SMILES string of the molecule is CC.c1ccc(-c2nc(-n3c4ccc(-c5cccc6c5oc5ccccc56)cc4c4cccc(-c5cccc(-c6cccc(-c7cccc8sc9ccccc9c78)c6)c5)c43)nc3ccccc23)cc1. The molecule has 5 heteroatoms. The van der Waals surface area contributed by atoms with Crippen molar-refractivity contribution in [1.82, 2.24) is 14.5 Å². The number of hydrogen-bond donors (Lipinski definition) is 0. The average Bonchev–Trinajstić information content (AvgIpc) is 4.11. The van der Waals surface area contributed by atoms with E-state index < -0.39 is 0 Å². The molecule has 4 aromatic heterocycles. The lowest BCUT2D eigenvalue weighted by molar-refractivity contribution is 0.670. The van der Waals surface area contributed by atoms with Gasteiger partial charge < -0.3 is 4.42 Å². The van der Waals surface area contributed by atoms with Crippen molar-refractivity contribution in [2.75, 3.05) is 0 Å². The van der Waals surface area contributed by atoms with Gasteiger partial charge in [-0.2, -0.15) is 0 Å². The first kappa shape index (κ1) is 40.6. The first-order chi connectivity index (χ1) is 34.2. The van der Waals surface area contributed by atoms with Crippen LogP contribution in [0, 0.1) is 0 Å². The van der Waals surface area contributed by atoms with Crippen molar-refractivity contribution in [3.05, 3.63) is 224 Å². The number of fused-ring (bicyclic) bond motifs is 10. The van der Waals surface area contributed by atoms with Gasteiger partial charge in [0.2, 0.25) is 5.95 Å². The van der Waals surface area contributed by atoms with E-state index in [0.29, 0.717) is 5.95 Å². The maximum atomic E-state index is 6.57. The number of aromatic nitrogens is 3. The molecule has 4 nitrogen and oxygen atoms in total. The zero-order chi connectivity index (χ0) is 46.0. The molecule has 0 bridgehead atoms. The largest absolute Gasteiger partial charge is 0.455 e. The third kappa shape index (κ3) is 6.65. The molecule has 14 aromatic rings. The summed E-state index contributed by atoms with van der Waals surface area (Å²) in [4.78, 5) is 10.8. The van der Waals surface area contributed by atoms with Crippen LogP contribution in [-0.2, 0) is 0 Å². The van der Waals surface area contributed by atoms with Crippen LogP contribution in [0.3, 0.4) is 0 Å². The zero-order valence-corrected chi connectivity index (χ0v) is 38.8. The smallest absolute Gasteiger partial charge is 0.235 e. The Morgan fingerprint density at radius 2 is 0.971 bits per heavy atom. The van der Waals surface area contributed by atoms with E-state index in [2.05, 4.69) is 211 Å². The number of furan rings is 1. The summed E-state index contributed by atoms with van der Waals surface area (Å²) < 4.78 is 11.5. The van der Waals surface area contributed by atoms with Gasteiger partial charge in [-0.3, -0.25) is 4.57 Å². The highest BCUT2D eigenvalue weighted by Crippen LogP contribution is 2.44. The van der Waals surface area contributed by atoms with Gasteiger partial charge in [-0.1, -0.05) is 190 Å². The van der Waals surface area contributed by atoms with E-state index in [0.717, 1.165) is 93.7 Å². The molecular weight excluding hydrogens is 859 g/mol. The summed E-state index contributed by atoms with van der Waals surface area (Å²) in [6.07, 6.45) is 0. The second-order valence-corrected chi connectivity index (χ2v) is 18.3. The van der Waals surface area contributed by atoms with Crippen LogP contribution in [0.2, 0.25) is 0 Å². The Kier molecular flexibility index (Phi) is 9.77. The highest BCUT2D eigenvalue weighted by atomic mass is 32.1. The number of para-hydroxylation sites is 4. The first-order valence-corrected chi connectivity index (χ1v) is 24.5. The molecule has 0 amide bonds. The van der Waals surface area contributed by atoms with Gasteiger partial charge in [0.25, 0.3) is 0 Å². The molecule has 0 spiro atoms. The van der Waals surface area contributed by atoms with Crippen LogP contribution >= 0.6 is 11.3 Å². The molecule has 0 saturated heterocycles. The molecule has 0 atom stereocenters. The Hall–Kier alpha value is -8.64. The predicted octanol–water partition coefficient (Wildman–Crippen LogP) is 18.4. The van der Waals surface area contributed by atoms with Gasteiger partial charge in [0.1, 0.15) is 11.2 Å². The van der Waals surface area contributed by atoms with Crippen LogP contribution in [0.5, 0.6) is 0 Å². The van der Waals surface area contributed by atoms with Crippen LogP contribution in [0.4, 0.5) is 0 Å². The van der Waals surface area contributed by atoms with Gasteiger partial charge in [-0.15, -0.1) is 11.3 Å². The van der Waals surface area contributed by atoms with Crippen molar-refractivity contribution in [3.8, 4) is 61.7 Å². The van der Waals surface area contributed by atoms with Crippen LogP contribution in [0.15, 0.2) is 229 Å². The van der Waals surface area contributed by atoms with E-state index in [4.69, 9.17) is 14.4 Å². The Balaban J connectivity index is 0.00000232. The number of hydrogen-bond acceptors (Lipinski definition) is 4. The van der Waals surface area contributed by atoms with Gasteiger partial charge in [-0.05, 0) is 81.9 Å². The fourth-order valence-corrected chi connectivity index (χ4v) is 11.5. The van der Waals surface area contributed by atoms with Gasteiger partial charge in [0.05, 0.1) is 22.2 Å². The van der Waals surface area contributed by atoms with E-state index in [1.165, 1.54) is 36.9 Å². The van der Waals surface area contributed by atoms with Crippen LogP contribution in [-0.4, -0.2) is 14.5 Å². The Bertz CT molecular complexity index is 4290. The molecule has 10 aromatic carbocycles. The fourth-order valence-electron chi connectivity index (χ4n) is 10.4. The Morgan fingerprint density at radius 1 is 0.391 bits per heavy atom. The summed E-state index contributed by atoms with van der Waals surface area (Å²) >= 11 is 1.86. The highest BCUT2D eigenvalue weighted by molar-refractivity contribution is 7.25. The lowest BCUT2D eigenvalue weighted by Crippen LogP contribution is -2.04. The summed E-state index contributed by atoms with van der Waals surface area (Å²) in [6, 6.07) is 80.3. The minimum atomic E-state index is 0.621. The molecule has 0 aliphatic rings. The first-order valence-electron chi connectivity index (χ1n) is 23.6. The molecule has 0 saturated carbocycles. The maximum absolute atomic E-state index is 6.57. The normalized spacial score (nSPS) is 11.6. The molecule has 69 heavy (non-hydrogen) atoms. The van der Waals surface area contributed by atoms with E-state index in [9.17, 15) is 0 Å². The number of benzene rings is 10. The summed E-state index contributed by atoms with van der Waals surface area (Å²) in [5.74, 6) is 0.621. The molecule has 0 fully saturated rings. The van der Waals surface area contributed by atoms with Crippen molar-refractivity contribution in [1.29, 1.82) is 0 Å². The third-order valence-electron chi connectivity index (χ3n) is 13.4. The second kappa shape index (κ2) is 16.6. The molecule has 4 heterocycles. The fraction of sp³-hybridized carbons (Fsp3) is 0.0312. The summed E-state index contributed by atoms with van der Waals surface area (Å²) in [5, 5.41) is 8.09. The van der Waals surface area contributed by atoms with E-state index in [-0.39, 0.29) is 0 Å². The lowest BCUT2D eigenvalue weighted by Gasteiger charge is -2.14. The second-order valence-electron chi connectivity index (χ2n) is 17.2. The Morgan fingerprint density at radius 3 is 1.80 bits per heavy atom. The van der Waals surface area contributed by atoms with E-state index >= 15 is 0 Å². The van der Waals surface area contributed by atoms with Gasteiger partial charge in [0, 0.05) is 63.8 Å². The van der Waals surface area contributed by atoms with Gasteiger partial charge >= 0.3 is 0 Å². The van der Waals surface area contributed by atoms with Crippen LogP contribution < -0.4 is 0 Å². The standard InChI is InChI=1S/C62H37N3OS.C2H6/c1-2-15-38(16-3-1)59-50-22-4-7-29-53(50)63-62(64-59)65-54-34-33-43(46-26-13-28-49-47-21-5-8-30-55(47)66-61(46)49)37-52(54)48-27-12-25-45(60(48)65)42-20-11-18-40(36-42)39-17-10-19-41(35-39)44-24-14-32-57-58(44)51-23-6-9-31-56(51)67-57;1-2/h1-37H;1-2H3. The van der Waals surface area contributed by atoms with Gasteiger partial charge in [-0.25, -0.2) is 9.97 Å². The van der Waals surface area contributed by atoms with Crippen molar-refractivity contribution in [3.63, 3.8) is 0 Å². The zero-order valence-electron chi connectivity index (χ0n) is 38.0. The molecule has 326 valence electrons. The monoisotopic (exact) mass is 901 g/mol.